The smallest absolute Gasteiger partial charge is 0.370 e. The molecule has 2 fully saturated rings. The maximum Gasteiger partial charge on any atom is 0.400 e. The molecule has 4 nitrogen and oxygen atoms in total. The molecular weight excluding hydrogens is 909 g/mol. The van der Waals surface area contributed by atoms with Gasteiger partial charge in [-0.15, -0.1) is 0 Å². The minimum absolute atomic E-state index is 0.00683. The summed E-state index contributed by atoms with van der Waals surface area (Å²) >= 11 is 25.4. The molecule has 280 valence electrons. The van der Waals surface area contributed by atoms with Crippen LogP contribution in [-0.2, 0) is 10.8 Å². The molecule has 0 bridgehead atoms. The summed E-state index contributed by atoms with van der Waals surface area (Å²) in [5, 5.41) is 20.7. The van der Waals surface area contributed by atoms with Gasteiger partial charge in [0.15, 0.2) is 0 Å². The number of nitrogens with zero attached hydrogens (tertiary/aromatic N) is 3. The summed E-state index contributed by atoms with van der Waals surface area (Å²) in [6.07, 6.45) is -9.04. The Kier molecular flexibility index (Phi) is 13.8. The Morgan fingerprint density at radius 3 is 1.57 bits per heavy atom. The first-order chi connectivity index (χ1) is 24.7. The van der Waals surface area contributed by atoms with E-state index in [2.05, 4.69) is 5.32 Å². The van der Waals surface area contributed by atoms with Crippen molar-refractivity contribution < 1.29 is 35.1 Å². The van der Waals surface area contributed by atoms with Crippen LogP contribution in [0.3, 0.4) is 0 Å². The monoisotopic (exact) mass is 932 g/mol. The van der Waals surface area contributed by atoms with Crippen molar-refractivity contribution in [2.45, 2.75) is 36.0 Å². The largest absolute Gasteiger partial charge is 0.400 e. The van der Waals surface area contributed by atoms with E-state index in [1.165, 1.54) is 65.6 Å². The van der Waals surface area contributed by atoms with Gasteiger partial charge in [0.25, 0.3) is 0 Å². The van der Waals surface area contributed by atoms with Crippen molar-refractivity contribution in [3.8, 4) is 12.1 Å². The summed E-state index contributed by atoms with van der Waals surface area (Å²) in [7, 11) is 0. The molecule has 2 aliphatic heterocycles. The molecule has 2 unspecified atom stereocenters. The first kappa shape index (κ1) is 42.7. The van der Waals surface area contributed by atoms with Gasteiger partial charge in [-0.3, -0.25) is 0 Å². The van der Waals surface area contributed by atoms with E-state index in [4.69, 9.17) is 56.9 Å². The van der Waals surface area contributed by atoms with Crippen LogP contribution in [0.2, 0.25) is 20.1 Å². The van der Waals surface area contributed by atoms with Gasteiger partial charge < -0.3 is 10.2 Å². The molecular formula is C36H25Cl4F8IN4. The van der Waals surface area contributed by atoms with E-state index in [0.29, 0.717) is 12.2 Å². The van der Waals surface area contributed by atoms with Gasteiger partial charge in [0.2, 0.25) is 0 Å². The lowest BCUT2D eigenvalue weighted by atomic mass is 9.79. The highest BCUT2D eigenvalue weighted by molar-refractivity contribution is 14.1. The molecule has 0 aliphatic carbocycles. The number of nitriles is 2. The summed E-state index contributed by atoms with van der Waals surface area (Å²) in [4.78, 5) is 1.49. The first-order valence-electron chi connectivity index (χ1n) is 15.3. The second-order valence-corrected chi connectivity index (χ2v) is 15.1. The Morgan fingerprint density at radius 1 is 0.660 bits per heavy atom. The van der Waals surface area contributed by atoms with Gasteiger partial charge in [-0.25, -0.2) is 8.78 Å². The number of benzene rings is 4. The fraction of sp³-hybridized carbons (Fsp3) is 0.278. The standard InChI is InChI=1S/C18H12Cl2F4N2.C11H10Cl2F3N.C7H3FIN/c19-13-6-12(7-14(20)8-13)17(18(22,23)24)3-4-26(10-17)15-1-2-16(21)11(5-15)9-25;12-8-3-7(4-9(13)5-8)10(11(14,15)16)1-2-17-6-10;8-7-2-1-6(9)3-5(7)4-10/h1-2,5-8H,3-4,10H2;3-5,17H,1-2,6H2;1-3H. The van der Waals surface area contributed by atoms with E-state index >= 15 is 0 Å². The van der Waals surface area contributed by atoms with Gasteiger partial charge >= 0.3 is 12.4 Å². The minimum atomic E-state index is -4.53. The molecule has 53 heavy (non-hydrogen) atoms. The summed E-state index contributed by atoms with van der Waals surface area (Å²) in [5.74, 6) is -1.16. The average Bonchev–Trinajstić information content (AvgIpc) is 3.76. The van der Waals surface area contributed by atoms with Crippen LogP contribution in [0.4, 0.5) is 40.8 Å². The number of halogens is 13. The molecule has 2 atom stereocenters. The predicted molar refractivity (Wildman–Crippen MR) is 198 cm³/mol. The normalized spacial score (nSPS) is 19.7. The lowest BCUT2D eigenvalue weighted by Gasteiger charge is -2.33. The number of nitrogens with one attached hydrogen (secondary N) is 1. The van der Waals surface area contributed by atoms with Crippen LogP contribution < -0.4 is 10.2 Å². The van der Waals surface area contributed by atoms with Gasteiger partial charge in [-0.2, -0.15) is 36.9 Å². The molecule has 0 radical (unpaired) electrons. The Balaban J connectivity index is 0.000000198. The van der Waals surface area contributed by atoms with E-state index < -0.39 is 34.8 Å². The van der Waals surface area contributed by atoms with Crippen LogP contribution in [0.5, 0.6) is 0 Å². The fourth-order valence-electron chi connectivity index (χ4n) is 6.04. The van der Waals surface area contributed by atoms with Crippen LogP contribution >= 0.6 is 69.0 Å². The van der Waals surface area contributed by atoms with Gasteiger partial charge in [0.05, 0.1) is 11.1 Å². The Labute approximate surface area is 333 Å². The third-order valence-corrected chi connectivity index (χ3v) is 10.4. The second-order valence-electron chi connectivity index (χ2n) is 12.1. The molecule has 6 rings (SSSR count). The van der Waals surface area contributed by atoms with E-state index in [1.807, 2.05) is 22.6 Å². The van der Waals surface area contributed by atoms with Gasteiger partial charge in [0, 0.05) is 49.0 Å². The number of alkyl halides is 6. The lowest BCUT2D eigenvalue weighted by Crippen LogP contribution is -2.44. The summed E-state index contributed by atoms with van der Waals surface area (Å²) in [6.45, 7) is -0.0688. The Bertz CT molecular complexity index is 2000. The average molecular weight is 934 g/mol. The van der Waals surface area contributed by atoms with Gasteiger partial charge in [-0.05, 0) is 126 Å². The van der Waals surface area contributed by atoms with Crippen LogP contribution in [0.1, 0.15) is 35.1 Å². The van der Waals surface area contributed by atoms with Crippen LogP contribution in [0, 0.1) is 37.9 Å². The molecule has 2 aliphatic rings. The molecule has 4 aromatic rings. The first-order valence-corrected chi connectivity index (χ1v) is 17.9. The van der Waals surface area contributed by atoms with Crippen LogP contribution in [0.25, 0.3) is 0 Å². The zero-order valence-electron chi connectivity index (χ0n) is 26.9. The molecule has 2 heterocycles. The molecule has 1 N–H and O–H groups in total. The van der Waals surface area contributed by atoms with Gasteiger partial charge in [0.1, 0.15) is 34.6 Å². The summed E-state index contributed by atoms with van der Waals surface area (Å²) in [5.41, 5.74) is -3.64. The number of hydrogen-bond acceptors (Lipinski definition) is 4. The zero-order chi connectivity index (χ0) is 39.4. The summed E-state index contributed by atoms with van der Waals surface area (Å²) < 4.78 is 109. The van der Waals surface area contributed by atoms with E-state index in [0.717, 1.165) is 9.64 Å². The van der Waals surface area contributed by atoms with Crippen molar-refractivity contribution in [3.05, 3.63) is 130 Å². The molecule has 4 aromatic carbocycles. The van der Waals surface area contributed by atoms with Crippen molar-refractivity contribution in [1.82, 2.24) is 5.32 Å². The highest BCUT2D eigenvalue weighted by atomic mass is 127. The molecule has 2 saturated heterocycles. The van der Waals surface area contributed by atoms with Gasteiger partial charge in [-0.1, -0.05) is 46.4 Å². The molecule has 0 saturated carbocycles. The van der Waals surface area contributed by atoms with E-state index in [1.54, 1.807) is 18.2 Å². The van der Waals surface area contributed by atoms with E-state index in [9.17, 15) is 35.1 Å². The zero-order valence-corrected chi connectivity index (χ0v) is 32.1. The quantitative estimate of drug-likeness (QED) is 0.164. The molecule has 17 heteroatoms. The Morgan fingerprint density at radius 2 is 1.13 bits per heavy atom. The second kappa shape index (κ2) is 17.2. The number of rotatable bonds is 3. The number of hydrogen-bond donors (Lipinski definition) is 1. The van der Waals surface area contributed by atoms with E-state index in [-0.39, 0.29) is 74.8 Å². The highest BCUT2D eigenvalue weighted by Crippen LogP contribution is 2.50. The Hall–Kier alpha value is -3.05. The van der Waals surface area contributed by atoms with Crippen LogP contribution in [-0.4, -0.2) is 38.5 Å². The predicted octanol–water partition coefficient (Wildman–Crippen LogP) is 11.8. The third-order valence-electron chi connectivity index (χ3n) is 8.82. The molecule has 0 amide bonds. The summed E-state index contributed by atoms with van der Waals surface area (Å²) in [6, 6.07) is 19.6. The van der Waals surface area contributed by atoms with Crippen molar-refractivity contribution in [1.29, 1.82) is 10.5 Å². The SMILES string of the molecule is FC(F)(F)C1(c2cc(Cl)cc(Cl)c2)CCNC1.N#Cc1cc(I)ccc1F.N#Cc1cc(N2CCC(c3cc(Cl)cc(Cl)c3)(C(F)(F)F)C2)ccc1F. The fourth-order valence-corrected chi connectivity index (χ4v) is 7.59. The topological polar surface area (TPSA) is 62.9 Å². The highest BCUT2D eigenvalue weighted by Gasteiger charge is 2.59. The minimum Gasteiger partial charge on any atom is -0.370 e. The van der Waals surface area contributed by atoms with Crippen molar-refractivity contribution >= 4 is 74.7 Å². The molecule has 0 aromatic heterocycles. The van der Waals surface area contributed by atoms with Crippen LogP contribution in [0.15, 0.2) is 72.8 Å². The maximum absolute atomic E-state index is 14.0. The van der Waals surface area contributed by atoms with Crippen molar-refractivity contribution in [2.75, 3.05) is 31.1 Å². The van der Waals surface area contributed by atoms with Crippen molar-refractivity contribution in [3.63, 3.8) is 0 Å². The number of anilines is 1. The molecule has 0 spiro atoms. The van der Waals surface area contributed by atoms with Crippen molar-refractivity contribution in [2.24, 2.45) is 0 Å². The third kappa shape index (κ3) is 9.80. The lowest BCUT2D eigenvalue weighted by molar-refractivity contribution is -0.185. The maximum atomic E-state index is 14.0.